The highest BCUT2D eigenvalue weighted by atomic mass is 35.5. The van der Waals surface area contributed by atoms with E-state index in [4.69, 9.17) is 16.3 Å². The molecular formula is C17H18ClNO2. The van der Waals surface area contributed by atoms with Gasteiger partial charge in [-0.1, -0.05) is 54.1 Å². The van der Waals surface area contributed by atoms with Crippen LogP contribution in [0.15, 0.2) is 54.6 Å². The second kappa shape index (κ2) is 7.81. The number of hydrogen-bond acceptors (Lipinski definition) is 3. The Hall–Kier alpha value is -1.84. The summed E-state index contributed by atoms with van der Waals surface area (Å²) >= 11 is 5.96. The number of carbonyl (C=O) groups is 1. The minimum absolute atomic E-state index is 0.263. The molecule has 4 heteroatoms. The zero-order valence-electron chi connectivity index (χ0n) is 11.9. The molecule has 2 rings (SSSR count). The van der Waals surface area contributed by atoms with E-state index in [1.54, 1.807) is 0 Å². The monoisotopic (exact) mass is 303 g/mol. The molecule has 2 aromatic rings. The van der Waals surface area contributed by atoms with Gasteiger partial charge >= 0.3 is 5.97 Å². The number of carbonyl (C=O) groups excluding carboxylic acids is 1. The number of ether oxygens (including phenoxy) is 1. The maximum absolute atomic E-state index is 11.9. The van der Waals surface area contributed by atoms with E-state index >= 15 is 0 Å². The summed E-state index contributed by atoms with van der Waals surface area (Å²) in [6, 6.07) is 17.1. The second-order valence-corrected chi connectivity index (χ2v) is 5.21. The number of rotatable bonds is 6. The lowest BCUT2D eigenvalue weighted by atomic mass is 10.1. The van der Waals surface area contributed by atoms with Gasteiger partial charge in [0.05, 0.1) is 7.11 Å². The van der Waals surface area contributed by atoms with Gasteiger partial charge in [0.25, 0.3) is 0 Å². The molecule has 0 aromatic heterocycles. The van der Waals surface area contributed by atoms with Gasteiger partial charge in [-0.2, -0.15) is 0 Å². The molecule has 1 atom stereocenters. The van der Waals surface area contributed by atoms with Crippen molar-refractivity contribution >= 4 is 17.6 Å². The van der Waals surface area contributed by atoms with Crippen molar-refractivity contribution in [2.45, 2.75) is 19.0 Å². The molecule has 0 aliphatic rings. The predicted octanol–water partition coefficient (Wildman–Crippen LogP) is 3.21. The van der Waals surface area contributed by atoms with Gasteiger partial charge in [0.1, 0.15) is 6.04 Å². The van der Waals surface area contributed by atoms with Crippen LogP contribution in [0.1, 0.15) is 11.1 Å². The standard InChI is InChI=1S/C17H18ClNO2/c1-21-17(20)16(11-13-6-3-2-4-7-13)19-12-14-8-5-9-15(18)10-14/h2-10,16,19H,11-12H2,1H3/t16-/m0/s1. The van der Waals surface area contributed by atoms with Crippen LogP contribution < -0.4 is 5.32 Å². The molecule has 0 saturated carbocycles. The van der Waals surface area contributed by atoms with Crippen LogP contribution in [0, 0.1) is 0 Å². The SMILES string of the molecule is COC(=O)[C@H](Cc1ccccc1)NCc1cccc(Cl)c1. The van der Waals surface area contributed by atoms with Crippen LogP contribution in [-0.4, -0.2) is 19.1 Å². The fraction of sp³-hybridized carbons (Fsp3) is 0.235. The molecule has 0 heterocycles. The molecule has 0 spiro atoms. The highest BCUT2D eigenvalue weighted by molar-refractivity contribution is 6.30. The third-order valence-electron chi connectivity index (χ3n) is 3.21. The third kappa shape index (κ3) is 4.88. The van der Waals surface area contributed by atoms with Crippen molar-refractivity contribution in [3.63, 3.8) is 0 Å². The minimum Gasteiger partial charge on any atom is -0.468 e. The Labute approximate surface area is 129 Å². The molecule has 0 bridgehead atoms. The lowest BCUT2D eigenvalue weighted by Gasteiger charge is -2.16. The number of nitrogens with one attached hydrogen (secondary N) is 1. The topological polar surface area (TPSA) is 38.3 Å². The van der Waals surface area contributed by atoms with Gasteiger partial charge in [-0.05, 0) is 29.7 Å². The molecule has 0 radical (unpaired) electrons. The number of halogens is 1. The van der Waals surface area contributed by atoms with E-state index in [1.165, 1.54) is 7.11 Å². The first-order valence-electron chi connectivity index (χ1n) is 6.78. The minimum atomic E-state index is -0.378. The predicted molar refractivity (Wildman–Crippen MR) is 84.2 cm³/mol. The Kier molecular flexibility index (Phi) is 5.78. The normalized spacial score (nSPS) is 11.9. The first-order valence-corrected chi connectivity index (χ1v) is 7.16. The molecule has 0 fully saturated rings. The van der Waals surface area contributed by atoms with E-state index in [-0.39, 0.29) is 12.0 Å². The Bertz CT molecular complexity index is 586. The van der Waals surface area contributed by atoms with Crippen molar-refractivity contribution in [1.29, 1.82) is 0 Å². The van der Waals surface area contributed by atoms with Crippen LogP contribution in [0.25, 0.3) is 0 Å². The quantitative estimate of drug-likeness (QED) is 0.833. The largest absolute Gasteiger partial charge is 0.468 e. The summed E-state index contributed by atoms with van der Waals surface area (Å²) in [5.41, 5.74) is 2.12. The number of benzene rings is 2. The molecule has 2 aromatic carbocycles. The summed E-state index contributed by atoms with van der Waals surface area (Å²) in [6.45, 7) is 0.563. The third-order valence-corrected chi connectivity index (χ3v) is 3.45. The summed E-state index contributed by atoms with van der Waals surface area (Å²) in [7, 11) is 1.40. The molecule has 3 nitrogen and oxygen atoms in total. The Morgan fingerprint density at radius 3 is 2.52 bits per heavy atom. The summed E-state index contributed by atoms with van der Waals surface area (Å²) in [4.78, 5) is 11.9. The van der Waals surface area contributed by atoms with Gasteiger partial charge in [0, 0.05) is 11.6 Å². The molecule has 0 saturated heterocycles. The Morgan fingerprint density at radius 1 is 1.14 bits per heavy atom. The second-order valence-electron chi connectivity index (χ2n) is 4.78. The maximum Gasteiger partial charge on any atom is 0.323 e. The van der Waals surface area contributed by atoms with Gasteiger partial charge < -0.3 is 10.1 Å². The van der Waals surface area contributed by atoms with E-state index < -0.39 is 0 Å². The van der Waals surface area contributed by atoms with Gasteiger partial charge in [0.2, 0.25) is 0 Å². The Morgan fingerprint density at radius 2 is 1.86 bits per heavy atom. The van der Waals surface area contributed by atoms with Gasteiger partial charge in [-0.25, -0.2) is 0 Å². The van der Waals surface area contributed by atoms with Crippen LogP contribution in [0.3, 0.4) is 0 Å². The van der Waals surface area contributed by atoms with Crippen LogP contribution in [0.5, 0.6) is 0 Å². The molecule has 0 unspecified atom stereocenters. The number of esters is 1. The van der Waals surface area contributed by atoms with Gasteiger partial charge in [-0.15, -0.1) is 0 Å². The highest BCUT2D eigenvalue weighted by Gasteiger charge is 2.18. The van der Waals surface area contributed by atoms with E-state index in [0.29, 0.717) is 18.0 Å². The molecule has 0 aliphatic heterocycles. The molecular weight excluding hydrogens is 286 g/mol. The van der Waals surface area contributed by atoms with Crippen LogP contribution >= 0.6 is 11.6 Å². The average molecular weight is 304 g/mol. The van der Waals surface area contributed by atoms with Gasteiger partial charge in [-0.3, -0.25) is 4.79 Å². The van der Waals surface area contributed by atoms with Crippen molar-refractivity contribution in [3.8, 4) is 0 Å². The summed E-state index contributed by atoms with van der Waals surface area (Å²) in [5.74, 6) is -0.263. The van der Waals surface area contributed by atoms with Crippen LogP contribution in [-0.2, 0) is 22.5 Å². The molecule has 1 N–H and O–H groups in total. The number of methoxy groups -OCH3 is 1. The van der Waals surface area contributed by atoms with Crippen LogP contribution in [0.2, 0.25) is 5.02 Å². The van der Waals surface area contributed by atoms with E-state index in [9.17, 15) is 4.79 Å². The maximum atomic E-state index is 11.9. The highest BCUT2D eigenvalue weighted by Crippen LogP contribution is 2.11. The van der Waals surface area contributed by atoms with Crippen molar-refractivity contribution < 1.29 is 9.53 Å². The van der Waals surface area contributed by atoms with Crippen molar-refractivity contribution in [2.24, 2.45) is 0 Å². The zero-order chi connectivity index (χ0) is 15.1. The first-order chi connectivity index (χ1) is 10.2. The molecule has 0 amide bonds. The van der Waals surface area contributed by atoms with Gasteiger partial charge in [0.15, 0.2) is 0 Å². The number of hydrogen-bond donors (Lipinski definition) is 1. The molecule has 0 aliphatic carbocycles. The van der Waals surface area contributed by atoms with Crippen molar-refractivity contribution in [1.82, 2.24) is 5.32 Å². The summed E-state index contributed by atoms with van der Waals surface area (Å²) < 4.78 is 4.87. The smallest absolute Gasteiger partial charge is 0.323 e. The summed E-state index contributed by atoms with van der Waals surface area (Å²) in [6.07, 6.45) is 0.591. The Balaban J connectivity index is 2.01. The van der Waals surface area contributed by atoms with E-state index in [1.807, 2.05) is 54.6 Å². The first kappa shape index (κ1) is 15.5. The van der Waals surface area contributed by atoms with Crippen molar-refractivity contribution in [2.75, 3.05) is 7.11 Å². The van der Waals surface area contributed by atoms with Crippen molar-refractivity contribution in [3.05, 3.63) is 70.7 Å². The lowest BCUT2D eigenvalue weighted by molar-refractivity contribution is -0.143. The van der Waals surface area contributed by atoms with E-state index in [0.717, 1.165) is 11.1 Å². The average Bonchev–Trinajstić information content (AvgIpc) is 2.51. The fourth-order valence-electron chi connectivity index (χ4n) is 2.12. The zero-order valence-corrected chi connectivity index (χ0v) is 12.6. The van der Waals surface area contributed by atoms with Crippen LogP contribution in [0.4, 0.5) is 0 Å². The molecule has 21 heavy (non-hydrogen) atoms. The van der Waals surface area contributed by atoms with E-state index in [2.05, 4.69) is 5.32 Å². The fourth-order valence-corrected chi connectivity index (χ4v) is 2.33. The lowest BCUT2D eigenvalue weighted by Crippen LogP contribution is -2.39. The molecule has 110 valence electrons. The summed E-state index contributed by atoms with van der Waals surface area (Å²) in [5, 5.41) is 3.92.